The van der Waals surface area contributed by atoms with Gasteiger partial charge in [-0.25, -0.2) is 0 Å². The minimum Gasteiger partial charge on any atom is -0.507 e. The molecule has 0 unspecified atom stereocenters. The van der Waals surface area contributed by atoms with Gasteiger partial charge in [0, 0.05) is 7.05 Å². The van der Waals surface area contributed by atoms with Crippen molar-refractivity contribution in [2.24, 2.45) is 17.8 Å². The van der Waals surface area contributed by atoms with Crippen molar-refractivity contribution in [1.29, 1.82) is 0 Å². The van der Waals surface area contributed by atoms with Crippen LogP contribution in [0.3, 0.4) is 0 Å². The Hall–Kier alpha value is -2.42. The number of benzene rings is 1. The number of aliphatic hydroxyl groups is 1. The van der Waals surface area contributed by atoms with Gasteiger partial charge in [0.25, 0.3) is 0 Å². The molecule has 2 fully saturated rings. The molecule has 4 rings (SSSR count). The van der Waals surface area contributed by atoms with E-state index in [-0.39, 0.29) is 30.7 Å². The van der Waals surface area contributed by atoms with Crippen molar-refractivity contribution >= 4 is 25.0 Å². The standard InChI is InChI=1S/C25H32BNO6/c1-13(7-16-8-14(2)23(29)15(3)9-16)5-6-20-21-17(12-28)10-18-22(19(21)11-26(32)33-20)25(31)27(4)24(18)30/h7-9,18-20,22,28-29,32H,5-6,10-12H2,1-4H3/b13-7+/t18-,19+,20-,22-/m1/s1. The average molecular weight is 453 g/mol. The van der Waals surface area contributed by atoms with Gasteiger partial charge in [-0.2, -0.15) is 0 Å². The molecule has 176 valence electrons. The highest BCUT2D eigenvalue weighted by Gasteiger charge is 2.56. The van der Waals surface area contributed by atoms with E-state index in [0.29, 0.717) is 25.0 Å². The summed E-state index contributed by atoms with van der Waals surface area (Å²) in [4.78, 5) is 26.6. The number of hydrogen-bond donors (Lipinski definition) is 3. The van der Waals surface area contributed by atoms with E-state index in [1.54, 1.807) is 0 Å². The maximum absolute atomic E-state index is 12.8. The van der Waals surface area contributed by atoms with Gasteiger partial charge in [0.05, 0.1) is 24.5 Å². The van der Waals surface area contributed by atoms with Gasteiger partial charge in [-0.15, -0.1) is 0 Å². The van der Waals surface area contributed by atoms with Gasteiger partial charge in [-0.05, 0) is 92.2 Å². The number of imide groups is 1. The van der Waals surface area contributed by atoms with Crippen molar-refractivity contribution in [3.63, 3.8) is 0 Å². The van der Waals surface area contributed by atoms with Crippen molar-refractivity contribution in [2.75, 3.05) is 13.7 Å². The van der Waals surface area contributed by atoms with Crippen molar-refractivity contribution in [1.82, 2.24) is 4.90 Å². The molecule has 8 heteroatoms. The molecule has 0 radical (unpaired) electrons. The highest BCUT2D eigenvalue weighted by molar-refractivity contribution is 6.43. The minimum atomic E-state index is -1.01. The molecule has 3 N–H and O–H groups in total. The van der Waals surface area contributed by atoms with Crippen LogP contribution in [0.15, 0.2) is 28.9 Å². The number of aryl methyl sites for hydroxylation is 2. The van der Waals surface area contributed by atoms with Crippen LogP contribution in [-0.4, -0.2) is 58.8 Å². The van der Waals surface area contributed by atoms with Gasteiger partial charge in [-0.1, -0.05) is 11.6 Å². The fourth-order valence-corrected chi connectivity index (χ4v) is 5.86. The summed E-state index contributed by atoms with van der Waals surface area (Å²) >= 11 is 0. The maximum atomic E-state index is 12.8. The topological polar surface area (TPSA) is 107 Å². The molecule has 1 aromatic rings. The summed E-state index contributed by atoms with van der Waals surface area (Å²) in [5.74, 6) is -1.35. The Morgan fingerprint density at radius 2 is 1.88 bits per heavy atom. The van der Waals surface area contributed by atoms with Gasteiger partial charge in [-0.3, -0.25) is 14.5 Å². The highest BCUT2D eigenvalue weighted by atomic mass is 16.5. The second-order valence-corrected chi connectivity index (χ2v) is 9.74. The van der Waals surface area contributed by atoms with Crippen molar-refractivity contribution in [3.05, 3.63) is 45.5 Å². The van der Waals surface area contributed by atoms with Crippen LogP contribution in [-0.2, 0) is 14.2 Å². The Balaban J connectivity index is 1.57. The maximum Gasteiger partial charge on any atom is 0.455 e. The van der Waals surface area contributed by atoms with Crippen molar-refractivity contribution in [3.8, 4) is 5.75 Å². The first-order valence-corrected chi connectivity index (χ1v) is 11.6. The molecule has 2 saturated heterocycles. The molecular formula is C25H32BNO6. The molecule has 0 aromatic heterocycles. The third-order valence-electron chi connectivity index (χ3n) is 7.45. The predicted octanol–water partition coefficient (Wildman–Crippen LogP) is 2.61. The quantitative estimate of drug-likeness (QED) is 0.360. The number of phenols is 1. The summed E-state index contributed by atoms with van der Waals surface area (Å²) in [6.45, 7) is 5.59. The van der Waals surface area contributed by atoms with Crippen LogP contribution in [0, 0.1) is 31.6 Å². The van der Waals surface area contributed by atoms with E-state index in [0.717, 1.165) is 33.4 Å². The number of fused-ring (bicyclic) bond motifs is 3. The number of phenolic OH excluding ortho intramolecular Hbond substituents is 1. The summed E-state index contributed by atoms with van der Waals surface area (Å²) < 4.78 is 5.90. The van der Waals surface area contributed by atoms with Crippen LogP contribution >= 0.6 is 0 Å². The Morgan fingerprint density at radius 3 is 2.52 bits per heavy atom. The number of carbonyl (C=O) groups is 2. The first-order chi connectivity index (χ1) is 15.6. The van der Waals surface area contributed by atoms with Gasteiger partial charge in [0.2, 0.25) is 11.8 Å². The number of aromatic hydroxyl groups is 1. The lowest BCUT2D eigenvalue weighted by Gasteiger charge is -2.42. The predicted molar refractivity (Wildman–Crippen MR) is 125 cm³/mol. The lowest BCUT2D eigenvalue weighted by atomic mass is 9.58. The van der Waals surface area contributed by atoms with E-state index >= 15 is 0 Å². The summed E-state index contributed by atoms with van der Waals surface area (Å²) in [5.41, 5.74) is 5.44. The van der Waals surface area contributed by atoms with Gasteiger partial charge < -0.3 is 19.9 Å². The molecule has 0 spiro atoms. The Bertz CT molecular complexity index is 1020. The van der Waals surface area contributed by atoms with E-state index in [2.05, 4.69) is 6.08 Å². The normalized spacial score (nSPS) is 27.9. The molecule has 0 saturated carbocycles. The molecule has 1 aromatic carbocycles. The van der Waals surface area contributed by atoms with E-state index in [9.17, 15) is 24.8 Å². The largest absolute Gasteiger partial charge is 0.507 e. The zero-order valence-electron chi connectivity index (χ0n) is 19.7. The summed E-state index contributed by atoms with van der Waals surface area (Å²) in [7, 11) is 0.498. The second-order valence-electron chi connectivity index (χ2n) is 9.74. The van der Waals surface area contributed by atoms with Crippen LogP contribution in [0.2, 0.25) is 6.32 Å². The molecule has 2 aliphatic heterocycles. The molecule has 3 aliphatic rings. The molecular weight excluding hydrogens is 421 g/mol. The molecule has 2 heterocycles. The van der Waals surface area contributed by atoms with Crippen molar-refractivity contribution in [2.45, 2.75) is 52.5 Å². The van der Waals surface area contributed by atoms with E-state index in [1.165, 1.54) is 11.9 Å². The number of rotatable bonds is 5. The zero-order chi connectivity index (χ0) is 24.0. The van der Waals surface area contributed by atoms with Crippen LogP contribution in [0.25, 0.3) is 6.08 Å². The number of allylic oxidation sites excluding steroid dienone is 1. The molecule has 4 atom stereocenters. The highest BCUT2D eigenvalue weighted by Crippen LogP contribution is 2.50. The molecule has 7 nitrogen and oxygen atoms in total. The van der Waals surface area contributed by atoms with E-state index in [4.69, 9.17) is 4.65 Å². The monoisotopic (exact) mass is 453 g/mol. The van der Waals surface area contributed by atoms with E-state index < -0.39 is 25.1 Å². The Morgan fingerprint density at radius 1 is 1.21 bits per heavy atom. The third kappa shape index (κ3) is 4.27. The number of amides is 2. The van der Waals surface area contributed by atoms with Gasteiger partial charge in [0.1, 0.15) is 5.75 Å². The van der Waals surface area contributed by atoms with Gasteiger partial charge in [0.15, 0.2) is 0 Å². The van der Waals surface area contributed by atoms with Crippen LogP contribution < -0.4 is 0 Å². The minimum absolute atomic E-state index is 0.183. The average Bonchev–Trinajstić information content (AvgIpc) is 2.98. The lowest BCUT2D eigenvalue weighted by Crippen LogP contribution is -2.46. The number of hydrogen-bond acceptors (Lipinski definition) is 6. The smallest absolute Gasteiger partial charge is 0.455 e. The Labute approximate surface area is 194 Å². The lowest BCUT2D eigenvalue weighted by molar-refractivity contribution is -0.138. The molecule has 1 aliphatic carbocycles. The number of nitrogens with zero attached hydrogens (tertiary/aromatic N) is 1. The van der Waals surface area contributed by atoms with Gasteiger partial charge >= 0.3 is 7.12 Å². The Kier molecular flexibility index (Phi) is 6.53. The van der Waals surface area contributed by atoms with E-state index in [1.807, 2.05) is 32.9 Å². The summed E-state index contributed by atoms with van der Waals surface area (Å²) in [6, 6.07) is 3.88. The van der Waals surface area contributed by atoms with Crippen LogP contribution in [0.5, 0.6) is 5.75 Å². The third-order valence-corrected chi connectivity index (χ3v) is 7.45. The number of likely N-dealkylation sites (tertiary alicyclic amines) is 1. The SMILES string of the molecule is C/C(=C\c1cc(C)c(O)c(C)c1)CC[C@H]1OB(O)C[C@H]2C1=C(CO)C[C@H]1C(=O)N(C)C(=O)[C@H]12. The van der Waals surface area contributed by atoms with Crippen molar-refractivity contribution < 1.29 is 29.5 Å². The first kappa shape index (κ1) is 23.7. The number of aliphatic hydroxyl groups excluding tert-OH is 1. The fraction of sp³-hybridized carbons (Fsp3) is 0.520. The van der Waals surface area contributed by atoms with Crippen LogP contribution in [0.4, 0.5) is 0 Å². The summed E-state index contributed by atoms with van der Waals surface area (Å²) in [5, 5.41) is 30.5. The fourth-order valence-electron chi connectivity index (χ4n) is 5.86. The molecule has 33 heavy (non-hydrogen) atoms. The number of carbonyl (C=O) groups excluding carboxylic acids is 2. The molecule has 2 amide bonds. The second kappa shape index (κ2) is 9.08. The first-order valence-electron chi connectivity index (χ1n) is 11.6. The molecule has 0 bridgehead atoms. The zero-order valence-corrected chi connectivity index (χ0v) is 19.7. The van der Waals surface area contributed by atoms with Crippen LogP contribution in [0.1, 0.15) is 42.9 Å². The summed E-state index contributed by atoms with van der Waals surface area (Å²) in [6.07, 6.45) is 3.57.